The first-order chi connectivity index (χ1) is 33.1. The lowest BCUT2D eigenvalue weighted by Gasteiger charge is -2.37. The Labute approximate surface area is 414 Å². The van der Waals surface area contributed by atoms with Crippen LogP contribution in [0.3, 0.4) is 0 Å². The van der Waals surface area contributed by atoms with Gasteiger partial charge in [0.25, 0.3) is 21.6 Å². The molecular weight excluding hydrogens is 930 g/mol. The van der Waals surface area contributed by atoms with Crippen molar-refractivity contribution in [3.63, 3.8) is 0 Å². The number of piperazine rings is 1. The lowest BCUT2D eigenvalue weighted by atomic mass is 9.92. The zero-order chi connectivity index (χ0) is 48.9. The molecule has 2 aliphatic rings. The van der Waals surface area contributed by atoms with Crippen molar-refractivity contribution in [2.75, 3.05) is 73.1 Å². The quantitative estimate of drug-likeness (QED) is 0.0457. The van der Waals surface area contributed by atoms with E-state index < -0.39 is 20.5 Å². The number of carbonyl (C=O) groups is 1. The minimum atomic E-state index is -4.16. The first-order valence-corrected chi connectivity index (χ1v) is 26.2. The summed E-state index contributed by atoms with van der Waals surface area (Å²) < 4.78 is 32.2. The summed E-state index contributed by atoms with van der Waals surface area (Å²) >= 11 is 7.97. The fourth-order valence-corrected chi connectivity index (χ4v) is 11.7. The van der Waals surface area contributed by atoms with Crippen molar-refractivity contribution in [3.05, 3.63) is 153 Å². The molecule has 0 radical (unpaired) electrons. The number of likely N-dealkylation sites (tertiary alicyclic amines) is 1. The van der Waals surface area contributed by atoms with Crippen molar-refractivity contribution in [1.82, 2.24) is 14.8 Å². The number of nitro benzene ring substituents is 1. The van der Waals surface area contributed by atoms with E-state index in [0.29, 0.717) is 41.1 Å². The van der Waals surface area contributed by atoms with Crippen molar-refractivity contribution in [2.24, 2.45) is 13.0 Å². The molecule has 0 bridgehead atoms. The number of thioether (sulfide) groups is 1. The molecule has 1 aromatic heterocycles. The Morgan fingerprint density at radius 2 is 1.52 bits per heavy atom. The molecule has 362 valence electrons. The molecule has 0 spiro atoms. The first-order valence-electron chi connectivity index (χ1n) is 23.4. The fraction of sp³-hybridized carbons (Fsp3) is 0.340. The van der Waals surface area contributed by atoms with Crippen LogP contribution >= 0.6 is 23.4 Å². The van der Waals surface area contributed by atoms with Gasteiger partial charge in [-0.05, 0) is 130 Å². The van der Waals surface area contributed by atoms with Crippen molar-refractivity contribution in [1.29, 1.82) is 0 Å². The Kier molecular flexibility index (Phi) is 15.4. The lowest BCUT2D eigenvalue weighted by Crippen LogP contribution is -2.46. The molecule has 8 rings (SSSR count). The zero-order valence-electron chi connectivity index (χ0n) is 39.5. The third-order valence-electron chi connectivity index (χ3n) is 13.6. The van der Waals surface area contributed by atoms with Crippen LogP contribution in [0.25, 0.3) is 22.4 Å². The summed E-state index contributed by atoms with van der Waals surface area (Å²) in [7, 11) is -0.538. The topological polar surface area (TPSA) is 153 Å². The van der Waals surface area contributed by atoms with Gasteiger partial charge in [0, 0.05) is 109 Å². The molecule has 2 saturated heterocycles. The van der Waals surface area contributed by atoms with Crippen LogP contribution in [0.1, 0.15) is 47.8 Å². The number of hydrogen-bond acceptors (Lipinski definition) is 10. The number of nitrogens with one attached hydrogen (secondary N) is 2. The third-order valence-corrected chi connectivity index (χ3v) is 16.5. The van der Waals surface area contributed by atoms with Crippen LogP contribution in [0.4, 0.5) is 22.7 Å². The number of anilines is 3. The highest BCUT2D eigenvalue weighted by Gasteiger charge is 2.30. The van der Waals surface area contributed by atoms with E-state index in [1.165, 1.54) is 12.1 Å². The maximum atomic E-state index is 13.8. The van der Waals surface area contributed by atoms with Gasteiger partial charge < -0.3 is 29.7 Å². The standard InChI is InChI=1S/C53H60ClN7O6S2/c1-37-49(52(62)55-3)50(51(57(37)4)39-13-16-42(54)17-14-39)41-9-8-10-45(34-41)60-31-29-59(30-32-60)44-20-18-43(19-21-44)56-69(66,67)47-22-15-40(48(35-47)61(64)65)33-38(36-68-46-11-6-5-7-12-46)23-26-58-27-24-53(2,63)25-28-58/h5-22,34-35,38,56,63H,23-33,36H2,1-4H3,(H,55,62)/t38-/m0/s1. The van der Waals surface area contributed by atoms with Crippen LogP contribution < -0.4 is 19.8 Å². The third kappa shape index (κ3) is 11.8. The van der Waals surface area contributed by atoms with E-state index in [4.69, 9.17) is 11.6 Å². The van der Waals surface area contributed by atoms with E-state index >= 15 is 0 Å². The average molecular weight is 991 g/mol. The zero-order valence-corrected chi connectivity index (χ0v) is 41.9. The second kappa shape index (κ2) is 21.4. The van der Waals surface area contributed by atoms with Crippen LogP contribution in [0, 0.1) is 23.0 Å². The number of carbonyl (C=O) groups excluding carboxylic acids is 1. The molecule has 16 heteroatoms. The van der Waals surface area contributed by atoms with Crippen LogP contribution in [-0.4, -0.2) is 98.0 Å². The number of nitrogens with zero attached hydrogens (tertiary/aromatic N) is 5. The van der Waals surface area contributed by atoms with Crippen LogP contribution in [0.5, 0.6) is 0 Å². The van der Waals surface area contributed by atoms with Gasteiger partial charge in [0.15, 0.2) is 0 Å². The van der Waals surface area contributed by atoms with E-state index in [1.807, 2.05) is 87.6 Å². The lowest BCUT2D eigenvalue weighted by molar-refractivity contribution is -0.385. The molecule has 2 fully saturated rings. The molecule has 0 unspecified atom stereocenters. The monoisotopic (exact) mass is 989 g/mol. The molecule has 0 aliphatic carbocycles. The van der Waals surface area contributed by atoms with Crippen molar-refractivity contribution >= 4 is 62.0 Å². The molecule has 5 aromatic carbocycles. The number of piperidine rings is 1. The summed E-state index contributed by atoms with van der Waals surface area (Å²) in [6, 6.07) is 37.5. The summed E-state index contributed by atoms with van der Waals surface area (Å²) in [4.78, 5) is 33.3. The summed E-state index contributed by atoms with van der Waals surface area (Å²) in [5.41, 5.74) is 7.15. The summed E-state index contributed by atoms with van der Waals surface area (Å²) in [5, 5.41) is 26.4. The minimum Gasteiger partial charge on any atom is -0.390 e. The van der Waals surface area contributed by atoms with Crippen LogP contribution in [0.2, 0.25) is 5.02 Å². The van der Waals surface area contributed by atoms with Crippen molar-refractivity contribution in [3.8, 4) is 22.4 Å². The van der Waals surface area contributed by atoms with Gasteiger partial charge in [-0.3, -0.25) is 19.6 Å². The largest absolute Gasteiger partial charge is 0.390 e. The van der Waals surface area contributed by atoms with E-state index in [2.05, 4.69) is 53.6 Å². The molecule has 69 heavy (non-hydrogen) atoms. The summed E-state index contributed by atoms with van der Waals surface area (Å²) in [6.45, 7) is 9.18. The second-order valence-electron chi connectivity index (χ2n) is 18.4. The van der Waals surface area contributed by atoms with Gasteiger partial charge >= 0.3 is 0 Å². The van der Waals surface area contributed by atoms with Gasteiger partial charge in [0.1, 0.15) is 0 Å². The fourth-order valence-electron chi connectivity index (χ4n) is 9.43. The predicted molar refractivity (Wildman–Crippen MR) is 279 cm³/mol. The highest BCUT2D eigenvalue weighted by atomic mass is 35.5. The highest BCUT2D eigenvalue weighted by molar-refractivity contribution is 7.99. The second-order valence-corrected chi connectivity index (χ2v) is 21.6. The molecule has 13 nitrogen and oxygen atoms in total. The smallest absolute Gasteiger partial charge is 0.273 e. The normalized spacial score (nSPS) is 15.7. The molecule has 3 N–H and O–H groups in total. The minimum absolute atomic E-state index is 0.0911. The van der Waals surface area contributed by atoms with Crippen LogP contribution in [-0.2, 0) is 23.5 Å². The van der Waals surface area contributed by atoms with Crippen molar-refractivity contribution < 1.29 is 23.2 Å². The first kappa shape index (κ1) is 49.6. The molecule has 6 aromatic rings. The van der Waals surface area contributed by atoms with Gasteiger partial charge in [0.2, 0.25) is 0 Å². The summed E-state index contributed by atoms with van der Waals surface area (Å²) in [6.07, 6.45) is 2.65. The molecule has 2 aliphatic heterocycles. The van der Waals surface area contributed by atoms with Gasteiger partial charge in [-0.15, -0.1) is 11.8 Å². The molecule has 1 amide bonds. The Morgan fingerprint density at radius 3 is 2.17 bits per heavy atom. The van der Waals surface area contributed by atoms with E-state index in [0.717, 1.165) is 102 Å². The van der Waals surface area contributed by atoms with E-state index in [-0.39, 0.29) is 22.4 Å². The van der Waals surface area contributed by atoms with E-state index in [9.17, 15) is 28.4 Å². The van der Waals surface area contributed by atoms with Crippen molar-refractivity contribution in [2.45, 2.75) is 54.9 Å². The average Bonchev–Trinajstić information content (AvgIpc) is 3.62. The highest BCUT2D eigenvalue weighted by Crippen LogP contribution is 2.41. The van der Waals surface area contributed by atoms with E-state index in [1.54, 1.807) is 37.0 Å². The predicted octanol–water partition coefficient (Wildman–Crippen LogP) is 9.90. The number of rotatable bonds is 17. The maximum Gasteiger partial charge on any atom is 0.273 e. The number of hydrogen-bond donors (Lipinski definition) is 3. The number of aliphatic hydroxyl groups is 1. The van der Waals surface area contributed by atoms with Gasteiger partial charge in [-0.1, -0.05) is 60.1 Å². The Bertz CT molecular complexity index is 2880. The maximum absolute atomic E-state index is 13.8. The molecule has 3 heterocycles. The van der Waals surface area contributed by atoms with Gasteiger partial charge in [-0.25, -0.2) is 8.42 Å². The number of benzene rings is 5. The Morgan fingerprint density at radius 1 is 0.855 bits per heavy atom. The molecular formula is C53H60ClN7O6S2. The van der Waals surface area contributed by atoms with Gasteiger partial charge in [0.05, 0.1) is 26.7 Å². The number of amides is 1. The Balaban J connectivity index is 0.920. The molecule has 1 atom stereocenters. The SMILES string of the molecule is CNC(=O)c1c(-c2cccc(N3CCN(c4ccc(NS(=O)(=O)c5ccc(C[C@H](CCN6CCC(C)(O)CC6)CSc6ccccc6)c([N+](=O)[O-])c5)cc4)CC3)c2)c(-c2ccc(Cl)cc2)n(C)c1C. The van der Waals surface area contributed by atoms with Gasteiger partial charge in [-0.2, -0.15) is 0 Å². The number of nitro groups is 1. The molecule has 0 saturated carbocycles. The van der Waals surface area contributed by atoms with Crippen LogP contribution in [0.15, 0.2) is 131 Å². The summed E-state index contributed by atoms with van der Waals surface area (Å²) in [5.74, 6) is 0.686. The number of sulfonamides is 1. The number of halogens is 1. The Hall–Kier alpha value is -5.84. The number of aromatic nitrogens is 1.